The molecule has 1 heterocycles. The monoisotopic (exact) mass is 303 g/mol. The van der Waals surface area contributed by atoms with Gasteiger partial charge in [0.1, 0.15) is 0 Å². The van der Waals surface area contributed by atoms with Crippen LogP contribution in [-0.4, -0.2) is 13.1 Å². The number of nitrogens with one attached hydrogen (secondary N) is 1. The SMILES string of the molecule is CCNCC(Cc1ccc(Br)s1)C(C)(C)C. The van der Waals surface area contributed by atoms with Crippen molar-refractivity contribution in [3.63, 3.8) is 0 Å². The molecule has 1 atom stereocenters. The lowest BCUT2D eigenvalue weighted by atomic mass is 9.78. The van der Waals surface area contributed by atoms with Gasteiger partial charge in [0.15, 0.2) is 0 Å². The second kappa shape index (κ2) is 6.18. The predicted octanol–water partition coefficient (Wildman–Crippen LogP) is 4.32. The van der Waals surface area contributed by atoms with E-state index in [9.17, 15) is 0 Å². The van der Waals surface area contributed by atoms with Gasteiger partial charge in [-0.2, -0.15) is 0 Å². The fourth-order valence-electron chi connectivity index (χ4n) is 1.71. The Hall–Kier alpha value is 0.140. The van der Waals surface area contributed by atoms with Crippen LogP contribution in [0.25, 0.3) is 0 Å². The number of halogens is 1. The number of hydrogen-bond acceptors (Lipinski definition) is 2. The molecule has 1 aromatic heterocycles. The fraction of sp³-hybridized carbons (Fsp3) is 0.692. The van der Waals surface area contributed by atoms with E-state index in [1.807, 2.05) is 11.3 Å². The topological polar surface area (TPSA) is 12.0 Å². The van der Waals surface area contributed by atoms with Gasteiger partial charge in [-0.15, -0.1) is 11.3 Å². The molecule has 1 nitrogen and oxygen atoms in total. The van der Waals surface area contributed by atoms with Gasteiger partial charge < -0.3 is 5.32 Å². The van der Waals surface area contributed by atoms with Gasteiger partial charge in [-0.1, -0.05) is 27.7 Å². The Morgan fingerprint density at radius 1 is 1.38 bits per heavy atom. The standard InChI is InChI=1S/C13H22BrNS/c1-5-15-9-10(13(2,3)4)8-11-6-7-12(14)16-11/h6-7,10,15H,5,8-9H2,1-4H3. The molecule has 0 saturated heterocycles. The van der Waals surface area contributed by atoms with Crippen LogP contribution < -0.4 is 5.32 Å². The van der Waals surface area contributed by atoms with Gasteiger partial charge in [0.25, 0.3) is 0 Å². The summed E-state index contributed by atoms with van der Waals surface area (Å²) in [6.45, 7) is 11.3. The van der Waals surface area contributed by atoms with Crippen molar-refractivity contribution >= 4 is 27.3 Å². The zero-order valence-electron chi connectivity index (χ0n) is 10.6. The quantitative estimate of drug-likeness (QED) is 0.854. The lowest BCUT2D eigenvalue weighted by molar-refractivity contribution is 0.233. The molecule has 1 rings (SSSR count). The summed E-state index contributed by atoms with van der Waals surface area (Å²) in [6, 6.07) is 4.38. The van der Waals surface area contributed by atoms with Crippen molar-refractivity contribution in [3.8, 4) is 0 Å². The zero-order valence-corrected chi connectivity index (χ0v) is 13.0. The maximum Gasteiger partial charge on any atom is 0.0701 e. The van der Waals surface area contributed by atoms with Crippen LogP contribution in [0.15, 0.2) is 15.9 Å². The average molecular weight is 304 g/mol. The smallest absolute Gasteiger partial charge is 0.0701 e. The lowest BCUT2D eigenvalue weighted by Gasteiger charge is -2.30. The molecule has 0 saturated carbocycles. The summed E-state index contributed by atoms with van der Waals surface area (Å²) >= 11 is 5.38. The molecule has 1 unspecified atom stereocenters. The molecule has 0 spiro atoms. The molecular weight excluding hydrogens is 282 g/mol. The first kappa shape index (κ1) is 14.2. The molecule has 0 aliphatic carbocycles. The minimum Gasteiger partial charge on any atom is -0.317 e. The first-order chi connectivity index (χ1) is 7.43. The van der Waals surface area contributed by atoms with E-state index in [-0.39, 0.29) is 0 Å². The second-order valence-corrected chi connectivity index (χ2v) is 7.83. The van der Waals surface area contributed by atoms with Crippen LogP contribution in [0.1, 0.15) is 32.6 Å². The Bertz CT molecular complexity index is 314. The Morgan fingerprint density at radius 3 is 2.50 bits per heavy atom. The van der Waals surface area contributed by atoms with E-state index in [1.165, 1.54) is 15.1 Å². The molecule has 1 N–H and O–H groups in total. The van der Waals surface area contributed by atoms with Crippen LogP contribution in [0.2, 0.25) is 0 Å². The van der Waals surface area contributed by atoms with Gasteiger partial charge in [0, 0.05) is 4.88 Å². The third kappa shape index (κ3) is 4.56. The van der Waals surface area contributed by atoms with E-state index in [1.54, 1.807) is 0 Å². The highest BCUT2D eigenvalue weighted by atomic mass is 79.9. The fourth-order valence-corrected chi connectivity index (χ4v) is 3.27. The highest BCUT2D eigenvalue weighted by molar-refractivity contribution is 9.11. The third-order valence-corrected chi connectivity index (χ3v) is 4.59. The Morgan fingerprint density at radius 2 is 2.06 bits per heavy atom. The summed E-state index contributed by atoms with van der Waals surface area (Å²) in [7, 11) is 0. The molecule has 3 heteroatoms. The van der Waals surface area contributed by atoms with Crippen molar-refractivity contribution in [2.75, 3.05) is 13.1 Å². The van der Waals surface area contributed by atoms with Gasteiger partial charge in [0.2, 0.25) is 0 Å². The van der Waals surface area contributed by atoms with Crippen LogP contribution in [0.4, 0.5) is 0 Å². The summed E-state index contributed by atoms with van der Waals surface area (Å²) in [5, 5.41) is 3.47. The molecule has 16 heavy (non-hydrogen) atoms. The van der Waals surface area contributed by atoms with Gasteiger partial charge >= 0.3 is 0 Å². The normalized spacial score (nSPS) is 14.1. The second-order valence-electron chi connectivity index (χ2n) is 5.28. The van der Waals surface area contributed by atoms with E-state index in [0.717, 1.165) is 13.1 Å². The van der Waals surface area contributed by atoms with Gasteiger partial charge in [0.05, 0.1) is 3.79 Å². The average Bonchev–Trinajstić information content (AvgIpc) is 2.57. The van der Waals surface area contributed by atoms with Crippen molar-refractivity contribution in [3.05, 3.63) is 20.8 Å². The van der Waals surface area contributed by atoms with E-state index < -0.39 is 0 Å². The van der Waals surface area contributed by atoms with E-state index >= 15 is 0 Å². The van der Waals surface area contributed by atoms with Crippen LogP contribution in [0.5, 0.6) is 0 Å². The van der Waals surface area contributed by atoms with Gasteiger partial charge in [-0.25, -0.2) is 0 Å². The minimum absolute atomic E-state index is 0.360. The molecule has 0 aliphatic heterocycles. The van der Waals surface area contributed by atoms with E-state index in [0.29, 0.717) is 11.3 Å². The highest BCUT2D eigenvalue weighted by Gasteiger charge is 2.24. The first-order valence-corrected chi connectivity index (χ1v) is 7.49. The predicted molar refractivity (Wildman–Crippen MR) is 77.2 cm³/mol. The van der Waals surface area contributed by atoms with Crippen molar-refractivity contribution in [1.82, 2.24) is 5.32 Å². The molecular formula is C13H22BrNS. The maximum absolute atomic E-state index is 3.53. The Labute approximate surface area is 112 Å². The molecule has 0 radical (unpaired) electrons. The number of rotatable bonds is 5. The maximum atomic E-state index is 3.53. The summed E-state index contributed by atoms with van der Waals surface area (Å²) in [6.07, 6.45) is 1.17. The number of thiophene rings is 1. The Kier molecular flexibility index (Phi) is 5.48. The summed E-state index contributed by atoms with van der Waals surface area (Å²) in [5.41, 5.74) is 0.360. The third-order valence-electron chi connectivity index (χ3n) is 2.94. The van der Waals surface area contributed by atoms with Crippen LogP contribution in [0, 0.1) is 11.3 Å². The van der Waals surface area contributed by atoms with Crippen LogP contribution in [0.3, 0.4) is 0 Å². The van der Waals surface area contributed by atoms with Crippen LogP contribution >= 0.6 is 27.3 Å². The minimum atomic E-state index is 0.360. The van der Waals surface area contributed by atoms with Crippen molar-refractivity contribution in [2.45, 2.75) is 34.1 Å². The largest absolute Gasteiger partial charge is 0.317 e. The van der Waals surface area contributed by atoms with E-state index in [4.69, 9.17) is 0 Å². The zero-order chi connectivity index (χ0) is 12.2. The summed E-state index contributed by atoms with van der Waals surface area (Å²) in [5.74, 6) is 0.693. The molecule has 0 aliphatic rings. The van der Waals surface area contributed by atoms with E-state index in [2.05, 4.69) is 61.1 Å². The first-order valence-electron chi connectivity index (χ1n) is 5.88. The van der Waals surface area contributed by atoms with Crippen molar-refractivity contribution in [2.24, 2.45) is 11.3 Å². The van der Waals surface area contributed by atoms with Crippen molar-refractivity contribution < 1.29 is 0 Å². The highest BCUT2D eigenvalue weighted by Crippen LogP contribution is 2.32. The molecule has 1 aromatic rings. The van der Waals surface area contributed by atoms with Crippen LogP contribution in [-0.2, 0) is 6.42 Å². The van der Waals surface area contributed by atoms with Gasteiger partial charge in [-0.05, 0) is 58.9 Å². The van der Waals surface area contributed by atoms with Gasteiger partial charge in [-0.3, -0.25) is 0 Å². The molecule has 0 amide bonds. The summed E-state index contributed by atoms with van der Waals surface area (Å²) < 4.78 is 1.23. The molecule has 0 bridgehead atoms. The van der Waals surface area contributed by atoms with Crippen molar-refractivity contribution in [1.29, 1.82) is 0 Å². The molecule has 0 fully saturated rings. The number of hydrogen-bond donors (Lipinski definition) is 1. The molecule has 0 aromatic carbocycles. The molecule has 92 valence electrons. The summed E-state index contributed by atoms with van der Waals surface area (Å²) in [4.78, 5) is 1.48. The Balaban J connectivity index is 2.63. The lowest BCUT2D eigenvalue weighted by Crippen LogP contribution is -2.33.